The van der Waals surface area contributed by atoms with Crippen LogP contribution in [0.4, 0.5) is 0 Å². The predicted octanol–water partition coefficient (Wildman–Crippen LogP) is 2.46. The smallest absolute Gasteiger partial charge is 0.330 e. The molecule has 0 aliphatic rings. The third kappa shape index (κ3) is 4.72. The van der Waals surface area contributed by atoms with Crippen molar-refractivity contribution in [2.24, 2.45) is 0 Å². The molecule has 3 nitrogen and oxygen atoms in total. The van der Waals surface area contributed by atoms with Crippen molar-refractivity contribution in [2.45, 2.75) is 32.9 Å². The number of esters is 1. The number of carbonyl (C=O) groups excluding carboxylic acids is 1. The Balaban J connectivity index is 2.64. The SMILES string of the molecule is C=CC(=O)OC(C)Cc1ccccc1CNCC. The van der Waals surface area contributed by atoms with Crippen LogP contribution in [0.1, 0.15) is 25.0 Å². The van der Waals surface area contributed by atoms with Crippen LogP contribution in [0.3, 0.4) is 0 Å². The lowest BCUT2D eigenvalue weighted by molar-refractivity contribution is -0.142. The van der Waals surface area contributed by atoms with Gasteiger partial charge in [0.05, 0.1) is 0 Å². The second-order valence-corrected chi connectivity index (χ2v) is 4.20. The summed E-state index contributed by atoms with van der Waals surface area (Å²) in [4.78, 5) is 11.1. The van der Waals surface area contributed by atoms with Gasteiger partial charge < -0.3 is 10.1 Å². The minimum atomic E-state index is -0.369. The molecule has 0 spiro atoms. The molecule has 0 amide bonds. The molecule has 0 aliphatic carbocycles. The molecule has 0 fully saturated rings. The van der Waals surface area contributed by atoms with Gasteiger partial charge in [0.25, 0.3) is 0 Å². The molecule has 0 saturated heterocycles. The van der Waals surface area contributed by atoms with Crippen LogP contribution in [-0.4, -0.2) is 18.6 Å². The van der Waals surface area contributed by atoms with Crippen LogP contribution in [-0.2, 0) is 22.5 Å². The zero-order chi connectivity index (χ0) is 13.4. The first kappa shape index (κ1) is 14.5. The molecule has 1 atom stereocenters. The van der Waals surface area contributed by atoms with Gasteiger partial charge in [0.2, 0.25) is 0 Å². The van der Waals surface area contributed by atoms with E-state index in [1.165, 1.54) is 17.2 Å². The second kappa shape index (κ2) is 7.67. The molecule has 0 saturated carbocycles. The van der Waals surface area contributed by atoms with E-state index in [-0.39, 0.29) is 12.1 Å². The Labute approximate surface area is 109 Å². The Morgan fingerprint density at radius 1 is 1.44 bits per heavy atom. The van der Waals surface area contributed by atoms with Gasteiger partial charge in [-0.25, -0.2) is 4.79 Å². The molecule has 1 aromatic carbocycles. The number of benzene rings is 1. The lowest BCUT2D eigenvalue weighted by Crippen LogP contribution is -2.18. The molecule has 0 radical (unpaired) electrons. The Morgan fingerprint density at radius 2 is 2.11 bits per heavy atom. The number of rotatable bonds is 7. The first-order chi connectivity index (χ1) is 8.67. The molecule has 1 aromatic rings. The van der Waals surface area contributed by atoms with Crippen LogP contribution in [0.5, 0.6) is 0 Å². The number of nitrogens with one attached hydrogen (secondary N) is 1. The van der Waals surface area contributed by atoms with Crippen LogP contribution in [0.25, 0.3) is 0 Å². The van der Waals surface area contributed by atoms with E-state index in [2.05, 4.69) is 31.0 Å². The van der Waals surface area contributed by atoms with Gasteiger partial charge in [0.1, 0.15) is 6.10 Å². The maximum absolute atomic E-state index is 11.1. The normalized spacial score (nSPS) is 11.9. The molecule has 0 aliphatic heterocycles. The third-order valence-corrected chi connectivity index (χ3v) is 2.68. The number of carbonyl (C=O) groups is 1. The first-order valence-electron chi connectivity index (χ1n) is 6.28. The van der Waals surface area contributed by atoms with Crippen molar-refractivity contribution in [3.63, 3.8) is 0 Å². The largest absolute Gasteiger partial charge is 0.459 e. The van der Waals surface area contributed by atoms with E-state index in [0.29, 0.717) is 0 Å². The molecule has 0 heterocycles. The van der Waals surface area contributed by atoms with Crippen LogP contribution >= 0.6 is 0 Å². The van der Waals surface area contributed by atoms with Crippen LogP contribution in [0.15, 0.2) is 36.9 Å². The monoisotopic (exact) mass is 247 g/mol. The van der Waals surface area contributed by atoms with Crippen molar-refractivity contribution in [2.75, 3.05) is 6.54 Å². The fraction of sp³-hybridized carbons (Fsp3) is 0.400. The molecule has 0 bridgehead atoms. The zero-order valence-corrected chi connectivity index (χ0v) is 11.1. The third-order valence-electron chi connectivity index (χ3n) is 2.68. The summed E-state index contributed by atoms with van der Waals surface area (Å²) in [6.07, 6.45) is 1.78. The van der Waals surface area contributed by atoms with Crippen molar-refractivity contribution in [3.8, 4) is 0 Å². The van der Waals surface area contributed by atoms with E-state index in [1.807, 2.05) is 19.1 Å². The number of hydrogen-bond donors (Lipinski definition) is 1. The van der Waals surface area contributed by atoms with Gasteiger partial charge in [-0.2, -0.15) is 0 Å². The van der Waals surface area contributed by atoms with Crippen molar-refractivity contribution in [3.05, 3.63) is 48.0 Å². The van der Waals surface area contributed by atoms with Crippen molar-refractivity contribution in [1.29, 1.82) is 0 Å². The highest BCUT2D eigenvalue weighted by molar-refractivity contribution is 5.81. The fourth-order valence-electron chi connectivity index (χ4n) is 1.79. The molecule has 1 N–H and O–H groups in total. The maximum atomic E-state index is 11.1. The highest BCUT2D eigenvalue weighted by Crippen LogP contribution is 2.12. The standard InChI is InChI=1S/C15H21NO2/c1-4-15(17)18-12(3)10-13-8-6-7-9-14(13)11-16-5-2/h4,6-9,12,16H,1,5,10-11H2,2-3H3. The Bertz CT molecular complexity index is 401. The molecule has 18 heavy (non-hydrogen) atoms. The Hall–Kier alpha value is -1.61. The van der Waals surface area contributed by atoms with Crippen LogP contribution in [0, 0.1) is 0 Å². The van der Waals surface area contributed by atoms with Gasteiger partial charge in [-0.05, 0) is 24.6 Å². The molecule has 3 heteroatoms. The fourth-order valence-corrected chi connectivity index (χ4v) is 1.79. The average molecular weight is 247 g/mol. The van der Waals surface area contributed by atoms with Gasteiger partial charge >= 0.3 is 5.97 Å². The first-order valence-corrected chi connectivity index (χ1v) is 6.28. The maximum Gasteiger partial charge on any atom is 0.330 e. The Morgan fingerprint density at radius 3 is 2.72 bits per heavy atom. The summed E-state index contributed by atoms with van der Waals surface area (Å²) in [5.41, 5.74) is 2.46. The number of ether oxygens (including phenoxy) is 1. The molecule has 1 unspecified atom stereocenters. The van der Waals surface area contributed by atoms with Gasteiger partial charge in [-0.1, -0.05) is 37.8 Å². The number of hydrogen-bond acceptors (Lipinski definition) is 3. The summed E-state index contributed by atoms with van der Waals surface area (Å²) >= 11 is 0. The Kier molecular flexibility index (Phi) is 6.15. The van der Waals surface area contributed by atoms with Crippen LogP contribution in [0.2, 0.25) is 0 Å². The highest BCUT2D eigenvalue weighted by Gasteiger charge is 2.10. The van der Waals surface area contributed by atoms with Crippen molar-refractivity contribution < 1.29 is 9.53 Å². The summed E-state index contributed by atoms with van der Waals surface area (Å²) in [5.74, 6) is -0.369. The van der Waals surface area contributed by atoms with E-state index < -0.39 is 0 Å². The molecule has 1 rings (SSSR count). The van der Waals surface area contributed by atoms with Gasteiger partial charge in [-0.15, -0.1) is 0 Å². The molecular weight excluding hydrogens is 226 g/mol. The summed E-state index contributed by atoms with van der Waals surface area (Å²) in [5, 5.41) is 3.31. The van der Waals surface area contributed by atoms with E-state index in [9.17, 15) is 4.79 Å². The lowest BCUT2D eigenvalue weighted by atomic mass is 10.0. The van der Waals surface area contributed by atoms with E-state index in [4.69, 9.17) is 4.74 Å². The molecule has 0 aromatic heterocycles. The van der Waals surface area contributed by atoms with Gasteiger partial charge in [0.15, 0.2) is 0 Å². The minimum absolute atomic E-state index is 0.140. The molecule has 98 valence electrons. The predicted molar refractivity (Wildman–Crippen MR) is 73.3 cm³/mol. The average Bonchev–Trinajstić information content (AvgIpc) is 2.37. The van der Waals surface area contributed by atoms with Gasteiger partial charge in [0, 0.05) is 19.0 Å². The topological polar surface area (TPSA) is 38.3 Å². The van der Waals surface area contributed by atoms with E-state index >= 15 is 0 Å². The quantitative estimate of drug-likeness (QED) is 0.594. The highest BCUT2D eigenvalue weighted by atomic mass is 16.5. The molecular formula is C15H21NO2. The summed E-state index contributed by atoms with van der Waals surface area (Å²) < 4.78 is 5.19. The van der Waals surface area contributed by atoms with Crippen molar-refractivity contribution >= 4 is 5.97 Å². The minimum Gasteiger partial charge on any atom is -0.459 e. The van der Waals surface area contributed by atoms with Gasteiger partial charge in [-0.3, -0.25) is 0 Å². The summed E-state index contributed by atoms with van der Waals surface area (Å²) in [6, 6.07) is 8.20. The summed E-state index contributed by atoms with van der Waals surface area (Å²) in [7, 11) is 0. The van der Waals surface area contributed by atoms with Crippen LogP contribution < -0.4 is 5.32 Å². The second-order valence-electron chi connectivity index (χ2n) is 4.20. The zero-order valence-electron chi connectivity index (χ0n) is 11.1. The lowest BCUT2D eigenvalue weighted by Gasteiger charge is -2.15. The van der Waals surface area contributed by atoms with Crippen molar-refractivity contribution in [1.82, 2.24) is 5.32 Å². The summed E-state index contributed by atoms with van der Waals surface area (Å²) in [6.45, 7) is 9.15. The van der Waals surface area contributed by atoms with E-state index in [0.717, 1.165) is 19.5 Å². The van der Waals surface area contributed by atoms with E-state index in [1.54, 1.807) is 0 Å².